The van der Waals surface area contributed by atoms with Crippen LogP contribution in [0.25, 0.3) is 11.0 Å². The molecule has 0 saturated heterocycles. The standard InChI is InChI=1S/C24H26N6O2/c1-4-24(2,3)17-9-7-14(12-18(17)25)28-22(31)16-6-5-11-26-21(16)27-15-8-10-19-20(13-15)30-23(32)29-19/h5-13H,4,25H2,1-3H3,(H,26,27)(H,28,31)(H2,29,30,32). The first-order valence-corrected chi connectivity index (χ1v) is 10.4. The van der Waals surface area contributed by atoms with Crippen LogP contribution in [0, 0.1) is 0 Å². The van der Waals surface area contributed by atoms with Crippen LogP contribution >= 0.6 is 0 Å². The van der Waals surface area contributed by atoms with E-state index in [1.165, 1.54) is 0 Å². The number of aromatic amines is 2. The first kappa shape index (κ1) is 21.2. The van der Waals surface area contributed by atoms with E-state index in [-0.39, 0.29) is 17.0 Å². The highest BCUT2D eigenvalue weighted by molar-refractivity contribution is 6.08. The van der Waals surface area contributed by atoms with Crippen LogP contribution in [0.1, 0.15) is 43.1 Å². The van der Waals surface area contributed by atoms with Gasteiger partial charge in [-0.15, -0.1) is 0 Å². The van der Waals surface area contributed by atoms with Gasteiger partial charge in [0.2, 0.25) is 0 Å². The molecule has 4 aromatic rings. The fraction of sp³-hybridized carbons (Fsp3) is 0.208. The average molecular weight is 431 g/mol. The molecule has 0 fully saturated rings. The van der Waals surface area contributed by atoms with Crippen molar-refractivity contribution in [1.29, 1.82) is 0 Å². The zero-order valence-corrected chi connectivity index (χ0v) is 18.2. The number of anilines is 4. The molecule has 2 aromatic heterocycles. The third-order valence-corrected chi connectivity index (χ3v) is 5.75. The number of carbonyl (C=O) groups excluding carboxylic acids is 1. The Kier molecular flexibility index (Phi) is 5.44. The number of rotatable bonds is 6. The zero-order chi connectivity index (χ0) is 22.9. The number of nitrogens with zero attached hydrogens (tertiary/aromatic N) is 1. The van der Waals surface area contributed by atoms with E-state index in [9.17, 15) is 9.59 Å². The molecule has 164 valence electrons. The third-order valence-electron chi connectivity index (χ3n) is 5.75. The highest BCUT2D eigenvalue weighted by Crippen LogP contribution is 2.33. The number of carbonyl (C=O) groups is 1. The van der Waals surface area contributed by atoms with Crippen molar-refractivity contribution in [2.24, 2.45) is 0 Å². The minimum atomic E-state index is -0.307. The molecule has 0 spiro atoms. The van der Waals surface area contributed by atoms with E-state index in [1.54, 1.807) is 42.6 Å². The van der Waals surface area contributed by atoms with Crippen LogP contribution in [0.3, 0.4) is 0 Å². The minimum Gasteiger partial charge on any atom is -0.398 e. The lowest BCUT2D eigenvalue weighted by Gasteiger charge is -2.25. The number of H-pyrrole nitrogens is 2. The van der Waals surface area contributed by atoms with E-state index in [2.05, 4.69) is 46.4 Å². The number of aromatic nitrogens is 3. The number of amides is 1. The highest BCUT2D eigenvalue weighted by Gasteiger charge is 2.21. The normalized spacial score (nSPS) is 11.5. The van der Waals surface area contributed by atoms with Crippen LogP contribution in [0.5, 0.6) is 0 Å². The van der Waals surface area contributed by atoms with Crippen molar-refractivity contribution in [1.82, 2.24) is 15.0 Å². The summed E-state index contributed by atoms with van der Waals surface area (Å²) in [6, 6.07) is 14.4. The van der Waals surface area contributed by atoms with E-state index in [0.717, 1.165) is 12.0 Å². The second-order valence-corrected chi connectivity index (χ2v) is 8.36. The first-order chi connectivity index (χ1) is 15.3. The van der Waals surface area contributed by atoms with Gasteiger partial charge in [-0.25, -0.2) is 9.78 Å². The molecule has 32 heavy (non-hydrogen) atoms. The van der Waals surface area contributed by atoms with E-state index >= 15 is 0 Å². The first-order valence-electron chi connectivity index (χ1n) is 10.4. The molecular weight excluding hydrogens is 404 g/mol. The number of pyridine rings is 1. The summed E-state index contributed by atoms with van der Waals surface area (Å²) in [7, 11) is 0. The predicted octanol–water partition coefficient (Wildman–Crippen LogP) is 4.52. The van der Waals surface area contributed by atoms with Gasteiger partial charge in [0.15, 0.2) is 0 Å². The molecule has 0 saturated carbocycles. The molecule has 4 rings (SSSR count). The Morgan fingerprint density at radius 1 is 1.06 bits per heavy atom. The fourth-order valence-corrected chi connectivity index (χ4v) is 3.58. The van der Waals surface area contributed by atoms with Crippen LogP contribution < -0.4 is 22.1 Å². The van der Waals surface area contributed by atoms with Crippen LogP contribution in [0.4, 0.5) is 22.9 Å². The van der Waals surface area contributed by atoms with Crippen molar-refractivity contribution in [2.75, 3.05) is 16.4 Å². The minimum absolute atomic E-state index is 0.0437. The molecule has 8 nitrogen and oxygen atoms in total. The Morgan fingerprint density at radius 3 is 2.56 bits per heavy atom. The third kappa shape index (κ3) is 4.20. The van der Waals surface area contributed by atoms with Gasteiger partial charge in [-0.1, -0.05) is 26.8 Å². The van der Waals surface area contributed by atoms with Gasteiger partial charge in [0, 0.05) is 23.3 Å². The Labute approximate surface area is 185 Å². The van der Waals surface area contributed by atoms with Crippen molar-refractivity contribution in [3.05, 3.63) is 76.3 Å². The monoisotopic (exact) mass is 430 g/mol. The molecule has 0 aliphatic carbocycles. The molecule has 2 heterocycles. The number of hydrogen-bond donors (Lipinski definition) is 5. The Balaban J connectivity index is 1.57. The second kappa shape index (κ2) is 8.22. The maximum Gasteiger partial charge on any atom is 0.323 e. The highest BCUT2D eigenvalue weighted by atomic mass is 16.2. The summed E-state index contributed by atoms with van der Waals surface area (Å²) in [4.78, 5) is 34.2. The average Bonchev–Trinajstić information content (AvgIpc) is 3.13. The smallest absolute Gasteiger partial charge is 0.323 e. The van der Waals surface area contributed by atoms with Gasteiger partial charge in [-0.05, 0) is 59.9 Å². The van der Waals surface area contributed by atoms with Crippen LogP contribution in [0.2, 0.25) is 0 Å². The number of nitrogen functional groups attached to an aromatic ring is 1. The van der Waals surface area contributed by atoms with Crippen LogP contribution in [0.15, 0.2) is 59.5 Å². The van der Waals surface area contributed by atoms with Gasteiger partial charge >= 0.3 is 5.69 Å². The molecule has 2 aromatic carbocycles. The molecule has 0 bridgehead atoms. The lowest BCUT2D eigenvalue weighted by molar-refractivity contribution is 0.102. The van der Waals surface area contributed by atoms with Crippen LogP contribution in [-0.4, -0.2) is 20.9 Å². The molecule has 0 aliphatic heterocycles. The number of fused-ring (bicyclic) bond motifs is 1. The van der Waals surface area contributed by atoms with Crippen molar-refractivity contribution in [3.63, 3.8) is 0 Å². The SMILES string of the molecule is CCC(C)(C)c1ccc(NC(=O)c2cccnc2Nc2ccc3[nH]c(=O)[nH]c3c2)cc1N. The second-order valence-electron chi connectivity index (χ2n) is 8.36. The fourth-order valence-electron chi connectivity index (χ4n) is 3.58. The zero-order valence-electron chi connectivity index (χ0n) is 18.2. The Bertz CT molecular complexity index is 1350. The Hall–Kier alpha value is -4.07. The van der Waals surface area contributed by atoms with Crippen LogP contribution in [-0.2, 0) is 5.41 Å². The number of benzene rings is 2. The number of hydrogen-bond acceptors (Lipinski definition) is 5. The van der Waals surface area contributed by atoms with Gasteiger partial charge in [0.1, 0.15) is 5.82 Å². The summed E-state index contributed by atoms with van der Waals surface area (Å²) < 4.78 is 0. The lowest BCUT2D eigenvalue weighted by atomic mass is 9.81. The summed E-state index contributed by atoms with van der Waals surface area (Å²) in [5, 5.41) is 6.06. The van der Waals surface area contributed by atoms with Gasteiger partial charge in [0.05, 0.1) is 16.6 Å². The summed E-state index contributed by atoms with van der Waals surface area (Å²) in [5.41, 5.74) is 10.7. The van der Waals surface area contributed by atoms with Gasteiger partial charge in [-0.2, -0.15) is 0 Å². The van der Waals surface area contributed by atoms with E-state index in [0.29, 0.717) is 39.5 Å². The van der Waals surface area contributed by atoms with Crippen molar-refractivity contribution >= 4 is 39.8 Å². The molecule has 1 amide bonds. The summed E-state index contributed by atoms with van der Waals surface area (Å²) >= 11 is 0. The molecular formula is C24H26N6O2. The van der Waals surface area contributed by atoms with Gasteiger partial charge in [-0.3, -0.25) is 4.79 Å². The quantitative estimate of drug-likeness (QED) is 0.287. The predicted molar refractivity (Wildman–Crippen MR) is 129 cm³/mol. The van der Waals surface area contributed by atoms with E-state index in [1.807, 2.05) is 12.1 Å². The molecule has 0 radical (unpaired) electrons. The summed E-state index contributed by atoms with van der Waals surface area (Å²) in [5.74, 6) is 0.0950. The van der Waals surface area contributed by atoms with Crippen molar-refractivity contribution in [3.8, 4) is 0 Å². The summed E-state index contributed by atoms with van der Waals surface area (Å²) in [6.45, 7) is 6.41. The number of imidazole rings is 1. The number of nitrogens with two attached hydrogens (primary N) is 1. The maximum absolute atomic E-state index is 13.0. The molecule has 0 atom stereocenters. The Morgan fingerprint density at radius 2 is 1.81 bits per heavy atom. The lowest BCUT2D eigenvalue weighted by Crippen LogP contribution is -2.19. The number of nitrogens with one attached hydrogen (secondary N) is 4. The van der Waals surface area contributed by atoms with Crippen molar-refractivity contribution < 1.29 is 4.79 Å². The maximum atomic E-state index is 13.0. The largest absolute Gasteiger partial charge is 0.398 e. The van der Waals surface area contributed by atoms with E-state index in [4.69, 9.17) is 5.73 Å². The molecule has 0 unspecified atom stereocenters. The molecule has 0 aliphatic rings. The van der Waals surface area contributed by atoms with Gasteiger partial charge < -0.3 is 26.3 Å². The summed E-state index contributed by atoms with van der Waals surface area (Å²) in [6.07, 6.45) is 2.56. The van der Waals surface area contributed by atoms with Crippen molar-refractivity contribution in [2.45, 2.75) is 32.6 Å². The molecule has 8 heteroatoms. The topological polar surface area (TPSA) is 129 Å². The van der Waals surface area contributed by atoms with E-state index < -0.39 is 0 Å². The van der Waals surface area contributed by atoms with Gasteiger partial charge in [0.25, 0.3) is 5.91 Å². The molecule has 6 N–H and O–H groups in total.